The highest BCUT2D eigenvalue weighted by Gasteiger charge is 2.25. The van der Waals surface area contributed by atoms with Crippen LogP contribution in [0.1, 0.15) is 17.4 Å². The molecule has 0 saturated carbocycles. The molecule has 1 saturated heterocycles. The van der Waals surface area contributed by atoms with Gasteiger partial charge in [-0.3, -0.25) is 4.79 Å². The fourth-order valence-corrected chi connectivity index (χ4v) is 3.33. The molecule has 1 unspecified atom stereocenters. The van der Waals surface area contributed by atoms with Crippen molar-refractivity contribution < 1.29 is 9.53 Å². The van der Waals surface area contributed by atoms with Crippen LogP contribution in [0.15, 0.2) is 29.6 Å². The minimum Gasteiger partial charge on any atom is -0.497 e. The number of aromatic nitrogens is 1. The number of carbonyl (C=O) groups is 1. The summed E-state index contributed by atoms with van der Waals surface area (Å²) in [7, 11) is 1.64. The van der Waals surface area contributed by atoms with E-state index in [1.807, 2.05) is 34.5 Å². The molecule has 0 radical (unpaired) electrons. The summed E-state index contributed by atoms with van der Waals surface area (Å²) in [5.41, 5.74) is 1.53. The van der Waals surface area contributed by atoms with E-state index in [2.05, 4.69) is 17.2 Å². The topological polar surface area (TPSA) is 54.5 Å². The molecule has 2 aromatic rings. The normalized spacial score (nSPS) is 16.8. The first-order chi connectivity index (χ1) is 10.7. The number of methoxy groups -OCH3 is 1. The van der Waals surface area contributed by atoms with Crippen molar-refractivity contribution >= 4 is 42.1 Å². The summed E-state index contributed by atoms with van der Waals surface area (Å²) in [5.74, 6) is 0.830. The molecule has 0 spiro atoms. The quantitative estimate of drug-likeness (QED) is 0.875. The van der Waals surface area contributed by atoms with Crippen molar-refractivity contribution in [1.82, 2.24) is 15.2 Å². The van der Waals surface area contributed by atoms with Crippen molar-refractivity contribution in [3.63, 3.8) is 0 Å². The van der Waals surface area contributed by atoms with Crippen LogP contribution >= 0.6 is 36.2 Å². The third-order valence-electron chi connectivity index (χ3n) is 3.82. The molecule has 24 heavy (non-hydrogen) atoms. The van der Waals surface area contributed by atoms with Crippen molar-refractivity contribution in [2.45, 2.75) is 13.0 Å². The number of nitrogens with one attached hydrogen (secondary N) is 1. The molecule has 1 amide bonds. The first-order valence-corrected chi connectivity index (χ1v) is 8.18. The van der Waals surface area contributed by atoms with Crippen molar-refractivity contribution in [3.05, 3.63) is 35.3 Å². The Kier molecular flexibility index (Phi) is 7.96. The molecular weight excluding hydrogens is 369 g/mol. The fourth-order valence-electron chi connectivity index (χ4n) is 2.53. The number of amides is 1. The molecule has 1 aromatic heterocycles. The van der Waals surface area contributed by atoms with E-state index >= 15 is 0 Å². The van der Waals surface area contributed by atoms with Crippen LogP contribution in [0.25, 0.3) is 10.6 Å². The minimum absolute atomic E-state index is 0. The lowest BCUT2D eigenvalue weighted by atomic mass is 10.2. The molecule has 8 heteroatoms. The molecule has 132 valence electrons. The Morgan fingerprint density at radius 3 is 2.67 bits per heavy atom. The Labute approximate surface area is 158 Å². The van der Waals surface area contributed by atoms with E-state index in [0.29, 0.717) is 5.69 Å². The average Bonchev–Trinajstić information content (AvgIpc) is 3.05. The number of halogens is 2. The molecule has 1 aliphatic heterocycles. The number of hydrogen-bond acceptors (Lipinski definition) is 5. The average molecular weight is 390 g/mol. The molecular formula is C16H21Cl2N3O2S. The SMILES string of the molecule is COc1ccc(-c2nc(C(=O)N3CCNCC3C)cs2)cc1.Cl.Cl. The number of piperazine rings is 1. The van der Waals surface area contributed by atoms with E-state index in [1.54, 1.807) is 7.11 Å². The van der Waals surface area contributed by atoms with Crippen molar-refractivity contribution in [3.8, 4) is 16.3 Å². The van der Waals surface area contributed by atoms with Gasteiger partial charge in [0.1, 0.15) is 16.5 Å². The lowest BCUT2D eigenvalue weighted by molar-refractivity contribution is 0.0650. The molecule has 1 atom stereocenters. The third kappa shape index (κ3) is 4.39. The van der Waals surface area contributed by atoms with Crippen LogP contribution < -0.4 is 10.1 Å². The molecule has 0 bridgehead atoms. The highest BCUT2D eigenvalue weighted by atomic mass is 35.5. The number of ether oxygens (including phenoxy) is 1. The predicted octanol–water partition coefficient (Wildman–Crippen LogP) is 3.10. The molecule has 3 rings (SSSR count). The van der Waals surface area contributed by atoms with Gasteiger partial charge in [-0.25, -0.2) is 4.98 Å². The fraction of sp³-hybridized carbons (Fsp3) is 0.375. The van der Waals surface area contributed by atoms with Crippen LogP contribution in [0, 0.1) is 0 Å². The second-order valence-corrected chi connectivity index (χ2v) is 6.18. The summed E-state index contributed by atoms with van der Waals surface area (Å²) in [4.78, 5) is 19.0. The van der Waals surface area contributed by atoms with Crippen LogP contribution in [-0.2, 0) is 0 Å². The first-order valence-electron chi connectivity index (χ1n) is 7.30. The van der Waals surface area contributed by atoms with E-state index in [0.717, 1.165) is 36.0 Å². The van der Waals surface area contributed by atoms with Gasteiger partial charge in [-0.05, 0) is 31.2 Å². The Hall–Kier alpha value is -1.34. The summed E-state index contributed by atoms with van der Waals surface area (Å²) < 4.78 is 5.16. The second-order valence-electron chi connectivity index (χ2n) is 5.32. The monoisotopic (exact) mass is 389 g/mol. The zero-order valence-corrected chi connectivity index (χ0v) is 16.0. The maximum atomic E-state index is 12.6. The van der Waals surface area contributed by atoms with Crippen LogP contribution in [0.2, 0.25) is 0 Å². The number of thiazole rings is 1. The van der Waals surface area contributed by atoms with E-state index in [4.69, 9.17) is 4.74 Å². The zero-order chi connectivity index (χ0) is 15.5. The van der Waals surface area contributed by atoms with E-state index in [1.165, 1.54) is 11.3 Å². The molecule has 1 fully saturated rings. The zero-order valence-electron chi connectivity index (χ0n) is 13.5. The summed E-state index contributed by atoms with van der Waals surface area (Å²) >= 11 is 1.49. The van der Waals surface area contributed by atoms with Crippen LogP contribution in [0.4, 0.5) is 0 Å². The molecule has 2 heterocycles. The smallest absolute Gasteiger partial charge is 0.273 e. The lowest BCUT2D eigenvalue weighted by Gasteiger charge is -2.33. The third-order valence-corrected chi connectivity index (χ3v) is 4.71. The largest absolute Gasteiger partial charge is 0.497 e. The van der Waals surface area contributed by atoms with E-state index in [-0.39, 0.29) is 36.8 Å². The van der Waals surface area contributed by atoms with Crippen LogP contribution in [0.3, 0.4) is 0 Å². The molecule has 1 aliphatic rings. The van der Waals surface area contributed by atoms with Gasteiger partial charge in [0.15, 0.2) is 0 Å². The standard InChI is InChI=1S/C16H19N3O2S.2ClH/c1-11-9-17-7-8-19(11)16(20)14-10-22-15(18-14)12-3-5-13(21-2)6-4-12;;/h3-6,10-11,17H,7-9H2,1-2H3;2*1H. The van der Waals surface area contributed by atoms with Gasteiger partial charge in [0.25, 0.3) is 5.91 Å². The second kappa shape index (κ2) is 9.22. The van der Waals surface area contributed by atoms with Gasteiger partial charge in [-0.15, -0.1) is 36.2 Å². The number of benzene rings is 1. The summed E-state index contributed by atoms with van der Waals surface area (Å²) in [6.07, 6.45) is 0. The van der Waals surface area contributed by atoms with E-state index < -0.39 is 0 Å². The van der Waals surface area contributed by atoms with Crippen LogP contribution in [0.5, 0.6) is 5.75 Å². The van der Waals surface area contributed by atoms with Gasteiger partial charge >= 0.3 is 0 Å². The minimum atomic E-state index is 0. The van der Waals surface area contributed by atoms with Crippen molar-refractivity contribution in [2.75, 3.05) is 26.7 Å². The van der Waals surface area contributed by atoms with Crippen molar-refractivity contribution in [2.24, 2.45) is 0 Å². The lowest BCUT2D eigenvalue weighted by Crippen LogP contribution is -2.52. The van der Waals surface area contributed by atoms with Gasteiger partial charge < -0.3 is 15.0 Å². The highest BCUT2D eigenvalue weighted by molar-refractivity contribution is 7.13. The molecule has 0 aliphatic carbocycles. The van der Waals surface area contributed by atoms with Gasteiger partial charge in [-0.1, -0.05) is 0 Å². The van der Waals surface area contributed by atoms with Gasteiger partial charge in [-0.2, -0.15) is 0 Å². The summed E-state index contributed by atoms with van der Waals surface area (Å²) in [5, 5.41) is 5.99. The Morgan fingerprint density at radius 2 is 2.04 bits per heavy atom. The highest BCUT2D eigenvalue weighted by Crippen LogP contribution is 2.26. The Bertz CT molecular complexity index is 664. The van der Waals surface area contributed by atoms with Gasteiger partial charge in [0.05, 0.1) is 7.11 Å². The summed E-state index contributed by atoms with van der Waals surface area (Å²) in [6, 6.07) is 7.92. The summed E-state index contributed by atoms with van der Waals surface area (Å²) in [6.45, 7) is 4.46. The van der Waals surface area contributed by atoms with Gasteiger partial charge in [0.2, 0.25) is 0 Å². The number of rotatable bonds is 3. The maximum Gasteiger partial charge on any atom is 0.273 e. The Morgan fingerprint density at radius 1 is 1.33 bits per heavy atom. The van der Waals surface area contributed by atoms with Gasteiger partial charge in [0, 0.05) is 36.6 Å². The maximum absolute atomic E-state index is 12.6. The van der Waals surface area contributed by atoms with E-state index in [9.17, 15) is 4.79 Å². The molecule has 5 nitrogen and oxygen atoms in total. The molecule has 1 N–H and O–H groups in total. The first kappa shape index (κ1) is 20.7. The van der Waals surface area contributed by atoms with Crippen molar-refractivity contribution in [1.29, 1.82) is 0 Å². The predicted molar refractivity (Wildman–Crippen MR) is 102 cm³/mol. The van der Waals surface area contributed by atoms with Crippen LogP contribution in [-0.4, -0.2) is 48.6 Å². The Balaban J connectivity index is 0.00000144. The number of nitrogens with zero attached hydrogens (tertiary/aromatic N) is 2. The number of carbonyl (C=O) groups excluding carboxylic acids is 1. The molecule has 1 aromatic carbocycles. The number of hydrogen-bond donors (Lipinski definition) is 1.